The van der Waals surface area contributed by atoms with Crippen molar-refractivity contribution in [2.45, 2.75) is 26.6 Å². The molecular weight excluding hydrogens is 331 g/mol. The topological polar surface area (TPSA) is 48.4 Å². The van der Waals surface area contributed by atoms with E-state index < -0.39 is 17.7 Å². The first-order valence-electron chi connectivity index (χ1n) is 6.75. The summed E-state index contributed by atoms with van der Waals surface area (Å²) >= 11 is 1.07. The van der Waals surface area contributed by atoms with Crippen LogP contribution in [0, 0.1) is 6.92 Å². The van der Waals surface area contributed by atoms with Crippen molar-refractivity contribution < 1.29 is 27.4 Å². The Kier molecular flexibility index (Phi) is 5.25. The van der Waals surface area contributed by atoms with E-state index in [0.29, 0.717) is 5.01 Å². The van der Waals surface area contributed by atoms with Crippen molar-refractivity contribution in [3.8, 4) is 5.88 Å². The van der Waals surface area contributed by atoms with Gasteiger partial charge < -0.3 is 9.47 Å². The van der Waals surface area contributed by atoms with Crippen molar-refractivity contribution in [3.05, 3.63) is 45.3 Å². The highest BCUT2D eigenvalue weighted by Gasteiger charge is 2.33. The van der Waals surface area contributed by atoms with Crippen LogP contribution in [0.1, 0.15) is 32.7 Å². The number of esters is 1. The summed E-state index contributed by atoms with van der Waals surface area (Å²) in [5.74, 6) is -0.611. The molecule has 4 nitrogen and oxygen atoms in total. The molecule has 2 rings (SSSR count). The molecule has 0 spiro atoms. The van der Waals surface area contributed by atoms with Gasteiger partial charge in [0.05, 0.1) is 17.2 Å². The van der Waals surface area contributed by atoms with Crippen LogP contribution in [0.4, 0.5) is 13.2 Å². The van der Waals surface area contributed by atoms with Gasteiger partial charge in [-0.15, -0.1) is 11.3 Å². The number of carbonyl (C=O) groups is 1. The fourth-order valence-corrected chi connectivity index (χ4v) is 2.66. The van der Waals surface area contributed by atoms with E-state index in [4.69, 9.17) is 9.47 Å². The number of ether oxygens (including phenoxy) is 2. The van der Waals surface area contributed by atoms with Crippen molar-refractivity contribution in [2.75, 3.05) is 6.61 Å². The summed E-state index contributed by atoms with van der Waals surface area (Å²) in [7, 11) is 0. The number of halogens is 3. The number of aromatic nitrogens is 1. The van der Waals surface area contributed by atoms with Crippen LogP contribution in [0.15, 0.2) is 24.3 Å². The second-order valence-electron chi connectivity index (χ2n) is 4.53. The molecule has 1 heterocycles. The molecule has 23 heavy (non-hydrogen) atoms. The van der Waals surface area contributed by atoms with E-state index in [1.165, 1.54) is 18.2 Å². The molecule has 0 aliphatic rings. The minimum absolute atomic E-state index is 0.0112. The molecule has 124 valence electrons. The molecule has 0 unspecified atom stereocenters. The molecule has 0 N–H and O–H groups in total. The first-order chi connectivity index (χ1) is 10.8. The smallest absolute Gasteiger partial charge is 0.416 e. The number of carbonyl (C=O) groups excluding carboxylic acids is 1. The molecule has 0 amide bonds. The maximum absolute atomic E-state index is 12.9. The van der Waals surface area contributed by atoms with Gasteiger partial charge in [0.15, 0.2) is 4.88 Å². The fourth-order valence-electron chi connectivity index (χ4n) is 1.90. The molecule has 2 aromatic rings. The van der Waals surface area contributed by atoms with Crippen LogP contribution >= 0.6 is 11.3 Å². The monoisotopic (exact) mass is 345 g/mol. The molecule has 0 aliphatic heterocycles. The number of hydrogen-bond donors (Lipinski definition) is 0. The van der Waals surface area contributed by atoms with Gasteiger partial charge in [-0.3, -0.25) is 0 Å². The van der Waals surface area contributed by atoms with Crippen LogP contribution in [0.3, 0.4) is 0 Å². The predicted molar refractivity (Wildman–Crippen MR) is 78.6 cm³/mol. The molecule has 0 saturated heterocycles. The van der Waals surface area contributed by atoms with Gasteiger partial charge in [0.2, 0.25) is 5.88 Å². The third kappa shape index (κ3) is 4.22. The third-order valence-electron chi connectivity index (χ3n) is 2.85. The van der Waals surface area contributed by atoms with Crippen molar-refractivity contribution in [3.63, 3.8) is 0 Å². The van der Waals surface area contributed by atoms with E-state index in [-0.39, 0.29) is 29.5 Å². The van der Waals surface area contributed by atoms with Gasteiger partial charge in [0.25, 0.3) is 0 Å². The van der Waals surface area contributed by atoms with Crippen LogP contribution in [-0.2, 0) is 17.5 Å². The Labute approximate surface area is 134 Å². The Morgan fingerprint density at radius 2 is 2.00 bits per heavy atom. The van der Waals surface area contributed by atoms with Gasteiger partial charge in [0, 0.05) is 5.56 Å². The minimum atomic E-state index is -4.47. The lowest BCUT2D eigenvalue weighted by molar-refractivity contribution is -0.138. The number of nitrogens with zero attached hydrogens (tertiary/aromatic N) is 1. The summed E-state index contributed by atoms with van der Waals surface area (Å²) in [5.41, 5.74) is -0.801. The summed E-state index contributed by atoms with van der Waals surface area (Å²) < 4.78 is 49.1. The Bertz CT molecular complexity index is 698. The van der Waals surface area contributed by atoms with E-state index in [0.717, 1.165) is 17.4 Å². The molecule has 8 heteroatoms. The maximum Gasteiger partial charge on any atom is 0.416 e. The van der Waals surface area contributed by atoms with Crippen LogP contribution in [-0.4, -0.2) is 17.6 Å². The second kappa shape index (κ2) is 6.99. The molecular formula is C15H14F3NO3S. The fraction of sp³-hybridized carbons (Fsp3) is 0.333. The van der Waals surface area contributed by atoms with Crippen molar-refractivity contribution in [1.82, 2.24) is 4.98 Å². The standard InChI is InChI=1S/C15H14F3NO3S/c1-3-21-14(20)12-13(19-9(2)23-12)22-8-10-6-4-5-7-11(10)15(16,17)18/h4-7H,3,8H2,1-2H3. The van der Waals surface area contributed by atoms with Gasteiger partial charge in [-0.1, -0.05) is 18.2 Å². The van der Waals surface area contributed by atoms with Gasteiger partial charge in [-0.25, -0.2) is 9.78 Å². The number of aryl methyl sites for hydroxylation is 1. The van der Waals surface area contributed by atoms with E-state index in [1.54, 1.807) is 13.8 Å². The Morgan fingerprint density at radius 3 is 2.65 bits per heavy atom. The Hall–Kier alpha value is -2.09. The van der Waals surface area contributed by atoms with E-state index >= 15 is 0 Å². The van der Waals surface area contributed by atoms with Gasteiger partial charge in [0.1, 0.15) is 6.61 Å². The predicted octanol–water partition coefficient (Wildman–Crippen LogP) is 4.23. The van der Waals surface area contributed by atoms with E-state index in [2.05, 4.69) is 4.98 Å². The molecule has 0 aliphatic carbocycles. The third-order valence-corrected chi connectivity index (χ3v) is 3.78. The normalized spacial score (nSPS) is 11.3. The highest BCUT2D eigenvalue weighted by Crippen LogP contribution is 2.33. The molecule has 0 atom stereocenters. The van der Waals surface area contributed by atoms with Crippen molar-refractivity contribution in [1.29, 1.82) is 0 Å². The number of alkyl halides is 3. The van der Waals surface area contributed by atoms with Crippen molar-refractivity contribution in [2.24, 2.45) is 0 Å². The van der Waals surface area contributed by atoms with Gasteiger partial charge in [-0.05, 0) is 19.9 Å². The average molecular weight is 345 g/mol. The molecule has 1 aromatic heterocycles. The van der Waals surface area contributed by atoms with E-state index in [9.17, 15) is 18.0 Å². The molecule has 0 bridgehead atoms. The Balaban J connectivity index is 2.21. The van der Waals surface area contributed by atoms with E-state index in [1.807, 2.05) is 0 Å². The van der Waals surface area contributed by atoms with Gasteiger partial charge >= 0.3 is 12.1 Å². The summed E-state index contributed by atoms with van der Waals surface area (Å²) in [6, 6.07) is 5.11. The number of rotatable bonds is 5. The van der Waals surface area contributed by atoms with Crippen LogP contribution in [0.25, 0.3) is 0 Å². The second-order valence-corrected chi connectivity index (χ2v) is 5.73. The molecule has 0 radical (unpaired) electrons. The molecule has 0 saturated carbocycles. The lowest BCUT2D eigenvalue weighted by Crippen LogP contribution is -2.11. The van der Waals surface area contributed by atoms with Crippen molar-refractivity contribution >= 4 is 17.3 Å². The Morgan fingerprint density at radius 1 is 1.30 bits per heavy atom. The van der Waals surface area contributed by atoms with Gasteiger partial charge in [-0.2, -0.15) is 13.2 Å². The zero-order valence-electron chi connectivity index (χ0n) is 12.4. The molecule has 0 fully saturated rings. The summed E-state index contributed by atoms with van der Waals surface area (Å²) in [4.78, 5) is 16.0. The van der Waals surface area contributed by atoms with Crippen LogP contribution in [0.5, 0.6) is 5.88 Å². The molecule has 1 aromatic carbocycles. The van der Waals surface area contributed by atoms with Crippen LogP contribution in [0.2, 0.25) is 0 Å². The summed E-state index contributed by atoms with van der Waals surface area (Å²) in [5, 5.41) is 0.562. The number of hydrogen-bond acceptors (Lipinski definition) is 5. The lowest BCUT2D eigenvalue weighted by atomic mass is 10.1. The first kappa shape index (κ1) is 17.3. The minimum Gasteiger partial charge on any atom is -0.472 e. The first-order valence-corrected chi connectivity index (χ1v) is 7.57. The zero-order valence-corrected chi connectivity index (χ0v) is 13.3. The number of thiazole rings is 1. The highest BCUT2D eigenvalue weighted by atomic mass is 32.1. The highest BCUT2D eigenvalue weighted by molar-refractivity contribution is 7.13. The largest absolute Gasteiger partial charge is 0.472 e. The SMILES string of the molecule is CCOC(=O)c1sc(C)nc1OCc1ccccc1C(F)(F)F. The quantitative estimate of drug-likeness (QED) is 0.761. The zero-order chi connectivity index (χ0) is 17.0. The summed E-state index contributed by atoms with van der Waals surface area (Å²) in [6.07, 6.45) is -4.47. The summed E-state index contributed by atoms with van der Waals surface area (Å²) in [6.45, 7) is 3.17. The number of benzene rings is 1. The average Bonchev–Trinajstić information content (AvgIpc) is 2.86. The maximum atomic E-state index is 12.9. The van der Waals surface area contributed by atoms with Crippen LogP contribution < -0.4 is 4.74 Å². The lowest BCUT2D eigenvalue weighted by Gasteiger charge is -2.13.